The lowest BCUT2D eigenvalue weighted by Gasteiger charge is -2.21. The highest BCUT2D eigenvalue weighted by Gasteiger charge is 2.26. The molecule has 27 heavy (non-hydrogen) atoms. The summed E-state index contributed by atoms with van der Waals surface area (Å²) >= 11 is 0. The minimum atomic E-state index is -3.85. The monoisotopic (exact) mass is 384 g/mol. The number of phenols is 1. The van der Waals surface area contributed by atoms with Gasteiger partial charge in [0, 0.05) is 22.5 Å². The molecule has 1 heterocycles. The van der Waals surface area contributed by atoms with Crippen LogP contribution in [0.3, 0.4) is 0 Å². The SMILES string of the molecule is CC(C)(C)NS(=O)(=O)c1cc(N=Nc2ccccn2)c(O)c2ccccc12. The number of rotatable bonds is 4. The van der Waals surface area contributed by atoms with Crippen molar-refractivity contribution in [3.8, 4) is 5.75 Å². The summed E-state index contributed by atoms with van der Waals surface area (Å²) in [5.74, 6) is 0.210. The van der Waals surface area contributed by atoms with E-state index in [4.69, 9.17) is 0 Å². The zero-order valence-electron chi connectivity index (χ0n) is 15.2. The number of phenolic OH excluding ortho intramolecular Hbond substituents is 1. The molecule has 2 N–H and O–H groups in total. The van der Waals surface area contributed by atoms with Gasteiger partial charge in [-0.2, -0.15) is 0 Å². The molecule has 3 aromatic rings. The normalized spacial score (nSPS) is 12.7. The molecule has 0 aliphatic rings. The van der Waals surface area contributed by atoms with Crippen molar-refractivity contribution in [2.45, 2.75) is 31.2 Å². The molecule has 0 bridgehead atoms. The number of aromatic hydroxyl groups is 1. The second-order valence-electron chi connectivity index (χ2n) is 7.03. The van der Waals surface area contributed by atoms with E-state index in [1.165, 1.54) is 6.07 Å². The molecule has 0 unspecified atom stereocenters. The molecule has 0 atom stereocenters. The quantitative estimate of drug-likeness (QED) is 0.649. The van der Waals surface area contributed by atoms with E-state index in [9.17, 15) is 13.5 Å². The van der Waals surface area contributed by atoms with E-state index in [1.54, 1.807) is 69.4 Å². The van der Waals surface area contributed by atoms with Crippen molar-refractivity contribution in [3.63, 3.8) is 0 Å². The third kappa shape index (κ3) is 4.29. The first-order chi connectivity index (χ1) is 12.7. The summed E-state index contributed by atoms with van der Waals surface area (Å²) in [6, 6.07) is 13.2. The van der Waals surface area contributed by atoms with E-state index >= 15 is 0 Å². The van der Waals surface area contributed by atoms with E-state index < -0.39 is 15.6 Å². The Morgan fingerprint density at radius 2 is 1.67 bits per heavy atom. The van der Waals surface area contributed by atoms with E-state index in [0.29, 0.717) is 16.6 Å². The maximum atomic E-state index is 12.9. The average molecular weight is 384 g/mol. The molecule has 7 nitrogen and oxygen atoms in total. The number of nitrogens with zero attached hydrogens (tertiary/aromatic N) is 3. The van der Waals surface area contributed by atoms with Crippen LogP contribution in [0.4, 0.5) is 11.5 Å². The van der Waals surface area contributed by atoms with Gasteiger partial charge in [0.2, 0.25) is 10.0 Å². The fourth-order valence-corrected chi connectivity index (χ4v) is 4.24. The van der Waals surface area contributed by atoms with Crippen molar-refractivity contribution in [2.24, 2.45) is 10.2 Å². The Morgan fingerprint density at radius 3 is 2.30 bits per heavy atom. The van der Waals surface area contributed by atoms with Crippen LogP contribution in [0.1, 0.15) is 20.8 Å². The van der Waals surface area contributed by atoms with Crippen molar-refractivity contribution in [1.29, 1.82) is 0 Å². The fraction of sp³-hybridized carbons (Fsp3) is 0.211. The van der Waals surface area contributed by atoms with Gasteiger partial charge in [0.05, 0.1) is 4.90 Å². The summed E-state index contributed by atoms with van der Waals surface area (Å²) in [5, 5.41) is 19.3. The van der Waals surface area contributed by atoms with Crippen LogP contribution >= 0.6 is 0 Å². The number of benzene rings is 2. The fourth-order valence-electron chi connectivity index (χ4n) is 2.59. The first-order valence-corrected chi connectivity index (χ1v) is 9.77. The number of pyridine rings is 1. The number of sulfonamides is 1. The molecule has 3 rings (SSSR count). The number of azo groups is 1. The molecule has 0 saturated heterocycles. The molecule has 0 aliphatic heterocycles. The molecular formula is C19H20N4O3S. The van der Waals surface area contributed by atoms with Crippen LogP contribution in [-0.4, -0.2) is 24.0 Å². The molecular weight excluding hydrogens is 364 g/mol. The first kappa shape index (κ1) is 18.9. The standard InChI is InChI=1S/C19H20N4O3S/c1-19(2,3)23-27(25,26)16-12-15(21-22-17-10-6-7-11-20-17)18(24)14-9-5-4-8-13(14)16/h4-12,23-24H,1-3H3. The van der Waals surface area contributed by atoms with Gasteiger partial charge < -0.3 is 5.11 Å². The Balaban J connectivity index is 2.19. The van der Waals surface area contributed by atoms with Gasteiger partial charge in [0.15, 0.2) is 11.6 Å². The third-order valence-electron chi connectivity index (χ3n) is 3.60. The van der Waals surface area contributed by atoms with Gasteiger partial charge in [-0.1, -0.05) is 30.3 Å². The summed E-state index contributed by atoms with van der Waals surface area (Å²) in [5.41, 5.74) is -0.610. The van der Waals surface area contributed by atoms with Crippen molar-refractivity contribution < 1.29 is 13.5 Å². The number of fused-ring (bicyclic) bond motifs is 1. The molecule has 8 heteroatoms. The van der Waals surface area contributed by atoms with Gasteiger partial charge in [-0.15, -0.1) is 10.2 Å². The largest absolute Gasteiger partial charge is 0.505 e. The Bertz CT molecular complexity index is 1100. The Hall–Kier alpha value is -2.84. The number of nitrogens with one attached hydrogen (secondary N) is 1. The van der Waals surface area contributed by atoms with E-state index in [0.717, 1.165) is 0 Å². The van der Waals surface area contributed by atoms with Gasteiger partial charge in [0.25, 0.3) is 0 Å². The minimum absolute atomic E-state index is 0.0285. The second kappa shape index (κ2) is 7.05. The highest BCUT2D eigenvalue weighted by atomic mass is 32.2. The molecule has 0 spiro atoms. The average Bonchev–Trinajstić information content (AvgIpc) is 2.60. The van der Waals surface area contributed by atoms with E-state index in [2.05, 4.69) is 19.9 Å². The molecule has 0 fully saturated rings. The highest BCUT2D eigenvalue weighted by molar-refractivity contribution is 7.89. The van der Waals surface area contributed by atoms with E-state index in [1.807, 2.05) is 0 Å². The molecule has 140 valence electrons. The predicted octanol–water partition coefficient (Wildman–Crippen LogP) is 4.43. The first-order valence-electron chi connectivity index (χ1n) is 8.29. The lowest BCUT2D eigenvalue weighted by Crippen LogP contribution is -2.40. The summed E-state index contributed by atoms with van der Waals surface area (Å²) in [6.45, 7) is 5.28. The third-order valence-corrected chi connectivity index (χ3v) is 5.40. The van der Waals surface area contributed by atoms with Crippen molar-refractivity contribution in [1.82, 2.24) is 9.71 Å². The molecule has 2 aromatic carbocycles. The molecule has 0 saturated carbocycles. The summed E-state index contributed by atoms with van der Waals surface area (Å²) in [7, 11) is -3.85. The lowest BCUT2D eigenvalue weighted by molar-refractivity contribution is 0.482. The molecule has 0 aliphatic carbocycles. The molecule has 1 aromatic heterocycles. The lowest BCUT2D eigenvalue weighted by atomic mass is 10.1. The van der Waals surface area contributed by atoms with Crippen LogP contribution in [-0.2, 0) is 10.0 Å². The topological polar surface area (TPSA) is 104 Å². The zero-order chi connectivity index (χ0) is 19.7. The van der Waals surface area contributed by atoms with E-state index in [-0.39, 0.29) is 16.3 Å². The maximum Gasteiger partial charge on any atom is 0.241 e. The second-order valence-corrected chi connectivity index (χ2v) is 8.68. The van der Waals surface area contributed by atoms with Crippen LogP contribution in [0.25, 0.3) is 10.8 Å². The molecule has 0 amide bonds. The number of hydrogen-bond donors (Lipinski definition) is 2. The van der Waals surface area contributed by atoms with Gasteiger partial charge in [-0.05, 0) is 39.0 Å². The summed E-state index contributed by atoms with van der Waals surface area (Å²) < 4.78 is 28.5. The smallest absolute Gasteiger partial charge is 0.241 e. The zero-order valence-corrected chi connectivity index (χ0v) is 16.0. The summed E-state index contributed by atoms with van der Waals surface area (Å²) in [4.78, 5) is 4.06. The van der Waals surface area contributed by atoms with Crippen molar-refractivity contribution in [2.75, 3.05) is 0 Å². The summed E-state index contributed by atoms with van der Waals surface area (Å²) in [6.07, 6.45) is 1.57. The Morgan fingerprint density at radius 1 is 1.00 bits per heavy atom. The number of aromatic nitrogens is 1. The van der Waals surface area contributed by atoms with Crippen LogP contribution in [0, 0.1) is 0 Å². The Labute approximate surface area is 157 Å². The maximum absolute atomic E-state index is 12.9. The van der Waals surface area contributed by atoms with Crippen LogP contribution < -0.4 is 4.72 Å². The van der Waals surface area contributed by atoms with Gasteiger partial charge in [-0.25, -0.2) is 18.1 Å². The highest BCUT2D eigenvalue weighted by Crippen LogP contribution is 2.39. The minimum Gasteiger partial charge on any atom is -0.505 e. The van der Waals surface area contributed by atoms with Crippen LogP contribution in [0.15, 0.2) is 69.9 Å². The predicted molar refractivity (Wildman–Crippen MR) is 104 cm³/mol. The van der Waals surface area contributed by atoms with Crippen LogP contribution in [0.5, 0.6) is 5.75 Å². The van der Waals surface area contributed by atoms with Gasteiger partial charge in [-0.3, -0.25) is 0 Å². The van der Waals surface area contributed by atoms with Gasteiger partial charge in [0.1, 0.15) is 5.69 Å². The van der Waals surface area contributed by atoms with Crippen molar-refractivity contribution in [3.05, 3.63) is 54.7 Å². The van der Waals surface area contributed by atoms with Crippen molar-refractivity contribution >= 4 is 32.3 Å². The van der Waals surface area contributed by atoms with Gasteiger partial charge >= 0.3 is 0 Å². The Kier molecular flexibility index (Phi) is 4.95. The molecule has 0 radical (unpaired) electrons. The van der Waals surface area contributed by atoms with Crippen LogP contribution in [0.2, 0.25) is 0 Å². The number of hydrogen-bond acceptors (Lipinski definition) is 6.